The molecule has 0 unspecified atom stereocenters. The van der Waals surface area contributed by atoms with E-state index in [0.717, 1.165) is 21.6 Å². The molecule has 0 saturated heterocycles. The Bertz CT molecular complexity index is 2200. The van der Waals surface area contributed by atoms with Crippen molar-refractivity contribution in [1.29, 1.82) is 0 Å². The van der Waals surface area contributed by atoms with Gasteiger partial charge in [0.15, 0.2) is 5.78 Å². The van der Waals surface area contributed by atoms with E-state index in [-0.39, 0.29) is 32.1 Å². The predicted octanol–water partition coefficient (Wildman–Crippen LogP) is 4.47. The van der Waals surface area contributed by atoms with Crippen LogP contribution in [0.5, 0.6) is 0 Å². The van der Waals surface area contributed by atoms with Crippen molar-refractivity contribution in [2.45, 2.75) is 62.7 Å². The fraction of sp³-hybridized carbons (Fsp3) is 0.244. The molecule has 0 spiro atoms. The molecule has 12 nitrogen and oxygen atoms in total. The molecule has 0 radical (unpaired) electrons. The molecule has 4 amide bonds. The summed E-state index contributed by atoms with van der Waals surface area (Å²) in [4.78, 5) is 82.5. The SMILES string of the molecule is N[C@@H]1CC(=O)Nc2ccc(cc2)C[C@@H](C(=O)O)CC(=O)[C@@H](Cc2ccccc2)NC(=O)[C@H](Cc2ccc(-c3ccccc3)cc2)NC(=O)[C@@H](Cc2cccs2)NC1=O. The number of rotatable bonds is 8. The highest BCUT2D eigenvalue weighted by Gasteiger charge is 2.33. The summed E-state index contributed by atoms with van der Waals surface area (Å²) in [5.74, 6) is -5.42. The highest BCUT2D eigenvalue weighted by atomic mass is 32.1. The second-order valence-electron chi connectivity index (χ2n) is 14.4. The summed E-state index contributed by atoms with van der Waals surface area (Å²) in [5.41, 5.74) is 10.6. The Kier molecular flexibility index (Phi) is 13.9. The molecular weight excluding hydrogens is 755 g/mol. The van der Waals surface area contributed by atoms with Gasteiger partial charge in [0.05, 0.1) is 24.4 Å². The van der Waals surface area contributed by atoms with Crippen molar-refractivity contribution in [3.63, 3.8) is 0 Å². The molecule has 2 bridgehead atoms. The quantitative estimate of drug-likeness (QED) is 0.124. The van der Waals surface area contributed by atoms with Crippen LogP contribution in [0.25, 0.3) is 11.1 Å². The highest BCUT2D eigenvalue weighted by molar-refractivity contribution is 7.09. The van der Waals surface area contributed by atoms with Crippen molar-refractivity contribution in [3.8, 4) is 11.1 Å². The van der Waals surface area contributed by atoms with Crippen LogP contribution in [-0.2, 0) is 54.5 Å². The lowest BCUT2D eigenvalue weighted by Gasteiger charge is -2.26. The third-order valence-corrected chi connectivity index (χ3v) is 10.9. The van der Waals surface area contributed by atoms with Gasteiger partial charge in [0.2, 0.25) is 23.6 Å². The zero-order valence-electron chi connectivity index (χ0n) is 31.6. The number of benzene rings is 4. The van der Waals surface area contributed by atoms with Gasteiger partial charge in [-0.2, -0.15) is 0 Å². The maximum atomic E-state index is 14.4. The van der Waals surface area contributed by atoms with Gasteiger partial charge in [0.25, 0.3) is 0 Å². The number of nitrogens with one attached hydrogen (secondary N) is 4. The molecule has 0 fully saturated rings. The van der Waals surface area contributed by atoms with E-state index in [9.17, 15) is 33.9 Å². The van der Waals surface area contributed by atoms with Crippen molar-refractivity contribution in [3.05, 3.63) is 148 Å². The number of amides is 4. The number of hydrogen-bond acceptors (Lipinski definition) is 8. The lowest BCUT2D eigenvalue weighted by Crippen LogP contribution is -2.58. The minimum absolute atomic E-state index is 0.00956. The molecule has 5 atom stereocenters. The Morgan fingerprint density at radius 2 is 1.17 bits per heavy atom. The molecule has 4 aromatic carbocycles. The van der Waals surface area contributed by atoms with Gasteiger partial charge in [-0.1, -0.05) is 103 Å². The summed E-state index contributed by atoms with van der Waals surface area (Å²) in [6.45, 7) is 0. The van der Waals surface area contributed by atoms with Crippen LogP contribution in [0, 0.1) is 5.92 Å². The van der Waals surface area contributed by atoms with Crippen molar-refractivity contribution in [2.24, 2.45) is 11.7 Å². The Hall–Kier alpha value is -6.44. The second kappa shape index (κ2) is 19.6. The number of carbonyl (C=O) groups is 6. The summed E-state index contributed by atoms with van der Waals surface area (Å²) in [7, 11) is 0. The average molecular weight is 800 g/mol. The van der Waals surface area contributed by atoms with Crippen LogP contribution in [0.3, 0.4) is 0 Å². The number of hydrogen-bond donors (Lipinski definition) is 6. The van der Waals surface area contributed by atoms with Gasteiger partial charge in [-0.25, -0.2) is 0 Å². The molecule has 3 heterocycles. The summed E-state index contributed by atoms with van der Waals surface area (Å²) in [6.07, 6.45) is -0.589. The third-order valence-electron chi connectivity index (χ3n) is 10.00. The van der Waals surface area contributed by atoms with Crippen molar-refractivity contribution in [1.82, 2.24) is 16.0 Å². The predicted molar refractivity (Wildman–Crippen MR) is 222 cm³/mol. The molecule has 2 aliphatic rings. The minimum atomic E-state index is -1.31. The normalized spacial score (nSPS) is 21.2. The van der Waals surface area contributed by atoms with Crippen LogP contribution < -0.4 is 27.0 Å². The molecule has 298 valence electrons. The standard InChI is InChI=1S/C45H45N5O7S/c46-36-27-41(52)47-34-19-15-29(16-20-34)22-33(45(56)57)25-40(51)37(23-28-8-3-1-4-9-28)48-43(54)38(24-30-13-17-32(18-14-30)31-10-5-2-6-11-31)50-44(55)39(49-42(36)53)26-35-12-7-21-58-35/h1-21,33,36-39H,22-27,46H2,(H,47,52)(H,48,54)(H,49,53)(H,50,55)(H,56,57)/t33-,36-,37-,38+,39-/m1/s1. The molecular formula is C45H45N5O7S. The first-order valence-electron chi connectivity index (χ1n) is 19.0. The lowest BCUT2D eigenvalue weighted by molar-refractivity contribution is -0.144. The Morgan fingerprint density at radius 1 is 0.603 bits per heavy atom. The molecule has 0 aliphatic carbocycles. The number of nitrogens with two attached hydrogens (primary N) is 1. The van der Waals surface area contributed by atoms with E-state index in [0.29, 0.717) is 16.8 Å². The third kappa shape index (κ3) is 11.6. The van der Waals surface area contributed by atoms with E-state index < -0.39 is 71.9 Å². The number of carboxylic acid groups (broad SMARTS) is 1. The smallest absolute Gasteiger partial charge is 0.307 e. The Balaban J connectivity index is 1.35. The van der Waals surface area contributed by atoms with Gasteiger partial charge >= 0.3 is 5.97 Å². The molecule has 13 heteroatoms. The maximum Gasteiger partial charge on any atom is 0.307 e. The number of carboxylic acids is 1. The van der Waals surface area contributed by atoms with E-state index in [1.807, 2.05) is 90.3 Å². The molecule has 2 aliphatic heterocycles. The molecule has 58 heavy (non-hydrogen) atoms. The second-order valence-corrected chi connectivity index (χ2v) is 15.4. The fourth-order valence-electron chi connectivity index (χ4n) is 6.81. The van der Waals surface area contributed by atoms with Gasteiger partial charge in [0, 0.05) is 29.8 Å². The summed E-state index contributed by atoms with van der Waals surface area (Å²) in [6, 6.07) is 31.6. The molecule has 0 saturated carbocycles. The van der Waals surface area contributed by atoms with E-state index >= 15 is 0 Å². The van der Waals surface area contributed by atoms with E-state index in [1.54, 1.807) is 36.4 Å². The first kappa shape index (κ1) is 41.2. The minimum Gasteiger partial charge on any atom is -0.481 e. The number of ketones is 1. The number of carbonyl (C=O) groups excluding carboxylic acids is 5. The molecule has 7 N–H and O–H groups in total. The van der Waals surface area contributed by atoms with Gasteiger partial charge in [-0.05, 0) is 64.2 Å². The summed E-state index contributed by atoms with van der Waals surface area (Å²) >= 11 is 1.38. The van der Waals surface area contributed by atoms with Crippen molar-refractivity contribution < 1.29 is 33.9 Å². The highest BCUT2D eigenvalue weighted by Crippen LogP contribution is 2.22. The fourth-order valence-corrected chi connectivity index (χ4v) is 7.56. The summed E-state index contributed by atoms with van der Waals surface area (Å²) in [5, 5.41) is 23.1. The molecule has 1 aromatic heterocycles. The van der Waals surface area contributed by atoms with E-state index in [1.165, 1.54) is 11.3 Å². The Labute approximate surface area is 340 Å². The number of thiophene rings is 1. The van der Waals surface area contributed by atoms with Crippen LogP contribution in [0.1, 0.15) is 34.4 Å². The monoisotopic (exact) mass is 799 g/mol. The number of anilines is 1. The van der Waals surface area contributed by atoms with Gasteiger partial charge in [-0.3, -0.25) is 28.8 Å². The van der Waals surface area contributed by atoms with Gasteiger partial charge < -0.3 is 32.1 Å². The van der Waals surface area contributed by atoms with E-state index in [4.69, 9.17) is 5.73 Å². The van der Waals surface area contributed by atoms with Crippen molar-refractivity contribution in [2.75, 3.05) is 5.32 Å². The topological polar surface area (TPSA) is 197 Å². The lowest BCUT2D eigenvalue weighted by atomic mass is 9.90. The van der Waals surface area contributed by atoms with E-state index in [2.05, 4.69) is 21.3 Å². The first-order chi connectivity index (χ1) is 28.0. The van der Waals surface area contributed by atoms with Crippen LogP contribution in [0.4, 0.5) is 5.69 Å². The number of Topliss-reactive ketones (excluding diaryl/α,β-unsaturated/α-hetero) is 1. The van der Waals surface area contributed by atoms with Crippen LogP contribution in [0.15, 0.2) is 127 Å². The summed E-state index contributed by atoms with van der Waals surface area (Å²) < 4.78 is 0. The molecule has 5 aromatic rings. The van der Waals surface area contributed by atoms with Crippen LogP contribution in [0.2, 0.25) is 0 Å². The number of fused-ring (bicyclic) bond motifs is 18. The average Bonchev–Trinajstić information content (AvgIpc) is 3.74. The Morgan fingerprint density at radius 3 is 1.81 bits per heavy atom. The zero-order valence-corrected chi connectivity index (χ0v) is 32.5. The van der Waals surface area contributed by atoms with Gasteiger partial charge in [0.1, 0.15) is 12.1 Å². The zero-order chi connectivity index (χ0) is 41.0. The number of aliphatic carboxylic acids is 1. The largest absolute Gasteiger partial charge is 0.481 e. The van der Waals surface area contributed by atoms with Crippen LogP contribution in [-0.4, -0.2) is 64.7 Å². The molecule has 7 rings (SSSR count). The van der Waals surface area contributed by atoms with Crippen LogP contribution >= 0.6 is 11.3 Å². The van der Waals surface area contributed by atoms with Gasteiger partial charge in [-0.15, -0.1) is 11.3 Å². The first-order valence-corrected chi connectivity index (χ1v) is 19.9. The maximum absolute atomic E-state index is 14.4. The van der Waals surface area contributed by atoms with Crippen molar-refractivity contribution >= 4 is 52.4 Å².